The van der Waals surface area contributed by atoms with Crippen LogP contribution in [-0.4, -0.2) is 43.8 Å². The van der Waals surface area contributed by atoms with Crippen LogP contribution in [0.1, 0.15) is 52.9 Å². The fourth-order valence-electron chi connectivity index (χ4n) is 9.01. The van der Waals surface area contributed by atoms with E-state index >= 15 is 0 Å². The Bertz CT molecular complexity index is 790. The molecule has 3 saturated heterocycles. The van der Waals surface area contributed by atoms with Gasteiger partial charge in [-0.05, 0) is 67.3 Å². The lowest BCUT2D eigenvalue weighted by molar-refractivity contribution is -0.222. The largest absolute Gasteiger partial charge is 0.356 e. The Hall–Kier alpha value is -0.750. The molecule has 10 atom stereocenters. The Kier molecular flexibility index (Phi) is 3.62. The van der Waals surface area contributed by atoms with Gasteiger partial charge in [-0.3, -0.25) is 4.79 Å². The highest BCUT2D eigenvalue weighted by Gasteiger charge is 2.92. The molecule has 5 heteroatoms. The molecule has 2 bridgehead atoms. The van der Waals surface area contributed by atoms with Gasteiger partial charge in [-0.25, -0.2) is 0 Å². The molecule has 2 unspecified atom stereocenters. The number of hydrogen-bond donors (Lipinski definition) is 0. The number of carbonyl (C=O) groups excluding carboxylic acids is 1. The summed E-state index contributed by atoms with van der Waals surface area (Å²) in [5.74, 6) is 2.07. The second-order valence-electron chi connectivity index (χ2n) is 11.1. The molecule has 0 N–H and O–H groups in total. The van der Waals surface area contributed by atoms with Crippen LogP contribution >= 0.6 is 0 Å². The van der Waals surface area contributed by atoms with Crippen molar-refractivity contribution in [3.8, 4) is 0 Å². The summed E-state index contributed by atoms with van der Waals surface area (Å²) in [4.78, 5) is 12.5. The Balaban J connectivity index is 1.33. The number of Topliss-reactive ketones (excluding diaryl/α,β-unsaturated/α-hetero) is 1. The number of allylic oxidation sites excluding steroid dienone is 1. The quantitative estimate of drug-likeness (QED) is 0.408. The molecule has 160 valence electrons. The van der Waals surface area contributed by atoms with E-state index in [1.165, 1.54) is 25.7 Å². The minimum Gasteiger partial charge on any atom is -0.356 e. The number of hydrogen-bond acceptors (Lipinski definition) is 5. The van der Waals surface area contributed by atoms with Crippen LogP contribution in [0.5, 0.6) is 0 Å². The fraction of sp³-hybridized carbons (Fsp3) is 0.875. The van der Waals surface area contributed by atoms with E-state index in [1.807, 2.05) is 0 Å². The number of epoxide rings is 1. The first-order chi connectivity index (χ1) is 13.8. The second kappa shape index (κ2) is 5.53. The van der Waals surface area contributed by atoms with Gasteiger partial charge in [0.1, 0.15) is 6.10 Å². The zero-order valence-corrected chi connectivity index (χ0v) is 18.3. The first kappa shape index (κ1) is 19.0. The van der Waals surface area contributed by atoms with Crippen molar-refractivity contribution in [2.45, 2.75) is 76.7 Å². The molecule has 5 nitrogen and oxygen atoms in total. The molecule has 4 aliphatic carbocycles. The average Bonchev–Trinajstić information content (AvgIpc) is 3.31. The smallest absolute Gasteiger partial charge is 0.268 e. The molecule has 3 heterocycles. The molecule has 2 spiro atoms. The number of fused-ring (bicyclic) bond motifs is 3. The number of methoxy groups -OCH3 is 2. The van der Waals surface area contributed by atoms with Crippen molar-refractivity contribution in [3.63, 3.8) is 0 Å². The predicted molar refractivity (Wildman–Crippen MR) is 106 cm³/mol. The summed E-state index contributed by atoms with van der Waals surface area (Å²) in [7, 11) is 3.51. The van der Waals surface area contributed by atoms with Crippen molar-refractivity contribution in [1.29, 1.82) is 0 Å². The van der Waals surface area contributed by atoms with Gasteiger partial charge in [-0.1, -0.05) is 26.8 Å². The summed E-state index contributed by atoms with van der Waals surface area (Å²) in [6, 6.07) is 0. The summed E-state index contributed by atoms with van der Waals surface area (Å²) >= 11 is 0. The molecule has 0 amide bonds. The molecule has 0 aromatic carbocycles. The van der Waals surface area contributed by atoms with Gasteiger partial charge in [0.05, 0.1) is 0 Å². The zero-order chi connectivity index (χ0) is 20.4. The number of ketones is 1. The van der Waals surface area contributed by atoms with Crippen LogP contribution in [0.2, 0.25) is 0 Å². The molecule has 0 radical (unpaired) electrons. The maximum absolute atomic E-state index is 12.5. The molecule has 7 rings (SSSR count). The van der Waals surface area contributed by atoms with E-state index in [2.05, 4.69) is 32.9 Å². The minimum atomic E-state index is -0.927. The molecular formula is C24H34O5. The number of ether oxygens (including phenoxy) is 4. The summed E-state index contributed by atoms with van der Waals surface area (Å²) in [6.07, 6.45) is 10.0. The van der Waals surface area contributed by atoms with Crippen molar-refractivity contribution in [2.24, 2.45) is 40.4 Å². The van der Waals surface area contributed by atoms with Crippen molar-refractivity contribution in [1.82, 2.24) is 0 Å². The van der Waals surface area contributed by atoms with E-state index < -0.39 is 11.4 Å². The standard InChI is InChI=1S/C24H34O5/c1-13(20(26-4)27-5)15-6-7-16-14-8-11-23-22(3,17(14)9-10-21(15,16)2)12-18-19(25)24(23,28-18)29-23/h8,11,13-18,20H,6-7,9-10,12H2,1-5H3/t13?,14-,15+,16-,17-,18?,21+,22+,23-,24-/m0/s1. The van der Waals surface area contributed by atoms with Gasteiger partial charge >= 0.3 is 0 Å². The van der Waals surface area contributed by atoms with Gasteiger partial charge in [0.2, 0.25) is 5.78 Å². The van der Waals surface area contributed by atoms with Gasteiger partial charge in [0, 0.05) is 25.6 Å². The monoisotopic (exact) mass is 402 g/mol. The molecule has 6 fully saturated rings. The van der Waals surface area contributed by atoms with E-state index in [9.17, 15) is 4.79 Å². The van der Waals surface area contributed by atoms with E-state index in [0.29, 0.717) is 35.0 Å². The van der Waals surface area contributed by atoms with Gasteiger partial charge in [-0.15, -0.1) is 0 Å². The first-order valence-electron chi connectivity index (χ1n) is 11.5. The predicted octanol–water partition coefficient (Wildman–Crippen LogP) is 3.71. The number of carbonyl (C=O) groups is 1. The Labute approximate surface area is 173 Å². The highest BCUT2D eigenvalue weighted by Crippen LogP contribution is 2.78. The van der Waals surface area contributed by atoms with Crippen LogP contribution in [0.3, 0.4) is 0 Å². The summed E-state index contributed by atoms with van der Waals surface area (Å²) in [5, 5.41) is 0. The lowest BCUT2D eigenvalue weighted by atomic mass is 9.44. The van der Waals surface area contributed by atoms with Crippen LogP contribution in [-0.2, 0) is 23.7 Å². The maximum atomic E-state index is 12.5. The van der Waals surface area contributed by atoms with Gasteiger partial charge in [0.15, 0.2) is 11.9 Å². The van der Waals surface area contributed by atoms with E-state index in [1.54, 1.807) is 14.2 Å². The Morgan fingerprint density at radius 3 is 2.59 bits per heavy atom. The molecule has 3 saturated carbocycles. The summed E-state index contributed by atoms with van der Waals surface area (Å²) in [6.45, 7) is 7.20. The van der Waals surface area contributed by atoms with Crippen molar-refractivity contribution in [2.75, 3.05) is 14.2 Å². The molecule has 0 aromatic rings. The maximum Gasteiger partial charge on any atom is 0.268 e. The Morgan fingerprint density at radius 1 is 1.14 bits per heavy atom. The van der Waals surface area contributed by atoms with Crippen molar-refractivity contribution < 1.29 is 23.7 Å². The average molecular weight is 403 g/mol. The van der Waals surface area contributed by atoms with Gasteiger partial charge in [-0.2, -0.15) is 0 Å². The topological polar surface area (TPSA) is 57.3 Å². The molecule has 0 aromatic heterocycles. The first-order valence-corrected chi connectivity index (χ1v) is 11.5. The fourth-order valence-corrected chi connectivity index (χ4v) is 9.01. The lowest BCUT2D eigenvalue weighted by Crippen LogP contribution is -2.69. The van der Waals surface area contributed by atoms with E-state index in [0.717, 1.165) is 6.42 Å². The van der Waals surface area contributed by atoms with Crippen LogP contribution < -0.4 is 0 Å². The minimum absolute atomic E-state index is 0.00979. The van der Waals surface area contributed by atoms with Crippen molar-refractivity contribution >= 4 is 5.78 Å². The highest BCUT2D eigenvalue weighted by atomic mass is 16.8. The SMILES string of the molecule is COC(OC)C(C)[C@H]1CC[C@H]2[C@@H]3C=C[C@@]45O[C@]46OC(C[C@]5(C)[C@H]3CC[C@]12C)C6=O. The van der Waals surface area contributed by atoms with Gasteiger partial charge < -0.3 is 18.9 Å². The van der Waals surface area contributed by atoms with Crippen molar-refractivity contribution in [3.05, 3.63) is 12.2 Å². The van der Waals surface area contributed by atoms with Crippen LogP contribution in [0.4, 0.5) is 0 Å². The zero-order valence-electron chi connectivity index (χ0n) is 18.3. The normalized spacial score (nSPS) is 57.4. The highest BCUT2D eigenvalue weighted by molar-refractivity contribution is 6.01. The summed E-state index contributed by atoms with van der Waals surface area (Å²) < 4.78 is 23.3. The third-order valence-electron chi connectivity index (χ3n) is 10.4. The third kappa shape index (κ3) is 1.88. The van der Waals surface area contributed by atoms with Crippen LogP contribution in [0.25, 0.3) is 0 Å². The van der Waals surface area contributed by atoms with E-state index in [4.69, 9.17) is 18.9 Å². The summed E-state index contributed by atoms with van der Waals surface area (Å²) in [5.41, 5.74) is -0.174. The van der Waals surface area contributed by atoms with E-state index in [-0.39, 0.29) is 23.6 Å². The van der Waals surface area contributed by atoms with Crippen LogP contribution in [0.15, 0.2) is 12.2 Å². The molecule has 7 aliphatic rings. The van der Waals surface area contributed by atoms with Gasteiger partial charge in [0.25, 0.3) is 5.79 Å². The lowest BCUT2D eigenvalue weighted by Gasteiger charge is -2.60. The van der Waals surface area contributed by atoms with Crippen LogP contribution in [0, 0.1) is 40.4 Å². The molecular weight excluding hydrogens is 368 g/mol. The molecule has 3 aliphatic heterocycles. The third-order valence-corrected chi connectivity index (χ3v) is 10.4. The Morgan fingerprint density at radius 2 is 1.90 bits per heavy atom. The molecule has 29 heavy (non-hydrogen) atoms. The second-order valence-corrected chi connectivity index (χ2v) is 11.1. The number of rotatable bonds is 4.